The molecule has 1 aromatic heterocycles. The molecule has 3 aromatic rings. The Labute approximate surface area is 182 Å². The highest BCUT2D eigenvalue weighted by molar-refractivity contribution is 5.68. The van der Waals surface area contributed by atoms with Crippen molar-refractivity contribution in [1.82, 2.24) is 10.3 Å². The van der Waals surface area contributed by atoms with Crippen molar-refractivity contribution in [2.75, 3.05) is 0 Å². The Morgan fingerprint density at radius 3 is 2.10 bits per heavy atom. The fraction of sp³-hybridized carbons (Fsp3) is 0.393. The van der Waals surface area contributed by atoms with Crippen LogP contribution in [-0.4, -0.2) is 4.98 Å². The van der Waals surface area contributed by atoms with Gasteiger partial charge in [0.1, 0.15) is 0 Å². The van der Waals surface area contributed by atoms with E-state index in [1.54, 1.807) is 0 Å². The zero-order chi connectivity index (χ0) is 21.3. The van der Waals surface area contributed by atoms with Crippen LogP contribution in [0.2, 0.25) is 0 Å². The second-order valence-corrected chi connectivity index (χ2v) is 8.09. The number of rotatable bonds is 10. The molecule has 158 valence electrons. The van der Waals surface area contributed by atoms with Crippen LogP contribution in [0, 0.1) is 6.92 Å². The minimum atomic E-state index is 0.387. The van der Waals surface area contributed by atoms with Crippen LogP contribution in [-0.2, 0) is 19.4 Å². The molecule has 0 aliphatic rings. The van der Waals surface area contributed by atoms with Gasteiger partial charge in [-0.05, 0) is 54.5 Å². The van der Waals surface area contributed by atoms with Crippen LogP contribution in [0.1, 0.15) is 74.0 Å². The molecular formula is C28H36N2. The van der Waals surface area contributed by atoms with Crippen molar-refractivity contribution in [2.24, 2.45) is 0 Å². The molecule has 1 heterocycles. The number of pyridine rings is 1. The number of unbranched alkanes of at least 4 members (excludes halogenated alkanes) is 1. The van der Waals surface area contributed by atoms with Gasteiger partial charge in [0.25, 0.3) is 0 Å². The smallest absolute Gasteiger partial charge is 0.0710 e. The Morgan fingerprint density at radius 1 is 0.800 bits per heavy atom. The summed E-state index contributed by atoms with van der Waals surface area (Å²) in [4.78, 5) is 5.03. The summed E-state index contributed by atoms with van der Waals surface area (Å²) in [5.74, 6) is 0. The van der Waals surface area contributed by atoms with Gasteiger partial charge in [0.2, 0.25) is 0 Å². The van der Waals surface area contributed by atoms with Crippen LogP contribution in [0.4, 0.5) is 0 Å². The monoisotopic (exact) mass is 400 g/mol. The Bertz CT molecular complexity index is 908. The minimum Gasteiger partial charge on any atom is -0.306 e. The lowest BCUT2D eigenvalue weighted by atomic mass is 9.94. The zero-order valence-electron chi connectivity index (χ0n) is 19.0. The molecule has 0 bridgehead atoms. The number of nitrogens with zero attached hydrogens (tertiary/aromatic N) is 1. The molecule has 0 saturated heterocycles. The quantitative estimate of drug-likeness (QED) is 0.389. The van der Waals surface area contributed by atoms with Gasteiger partial charge in [0, 0.05) is 23.8 Å². The Kier molecular flexibility index (Phi) is 8.21. The average molecular weight is 401 g/mol. The molecule has 0 saturated carbocycles. The summed E-state index contributed by atoms with van der Waals surface area (Å²) in [5.41, 5.74) is 8.98. The number of aryl methyl sites for hydroxylation is 3. The number of hydrogen-bond donors (Lipinski definition) is 1. The lowest BCUT2D eigenvalue weighted by Crippen LogP contribution is -2.21. The van der Waals surface area contributed by atoms with Crippen LogP contribution in [0.5, 0.6) is 0 Å². The van der Waals surface area contributed by atoms with E-state index in [-0.39, 0.29) is 0 Å². The second kappa shape index (κ2) is 11.1. The third-order valence-electron chi connectivity index (χ3n) is 6.04. The summed E-state index contributed by atoms with van der Waals surface area (Å²) < 4.78 is 0. The summed E-state index contributed by atoms with van der Waals surface area (Å²) in [6.07, 6.45) is 5.68. The van der Waals surface area contributed by atoms with Gasteiger partial charge in [-0.2, -0.15) is 0 Å². The number of aromatic nitrogens is 1. The van der Waals surface area contributed by atoms with Crippen LogP contribution < -0.4 is 5.32 Å². The molecule has 2 aromatic carbocycles. The van der Waals surface area contributed by atoms with E-state index in [9.17, 15) is 0 Å². The summed E-state index contributed by atoms with van der Waals surface area (Å²) >= 11 is 0. The molecule has 3 rings (SSSR count). The molecule has 2 heteroatoms. The molecule has 0 aliphatic heterocycles. The van der Waals surface area contributed by atoms with E-state index >= 15 is 0 Å². The highest BCUT2D eigenvalue weighted by atomic mass is 14.9. The van der Waals surface area contributed by atoms with Crippen LogP contribution >= 0.6 is 0 Å². The summed E-state index contributed by atoms with van der Waals surface area (Å²) in [6, 6.07) is 22.3. The van der Waals surface area contributed by atoms with Crippen LogP contribution in [0.25, 0.3) is 11.3 Å². The van der Waals surface area contributed by atoms with Gasteiger partial charge in [-0.3, -0.25) is 4.98 Å². The van der Waals surface area contributed by atoms with Crippen LogP contribution in [0.3, 0.4) is 0 Å². The van der Waals surface area contributed by atoms with Gasteiger partial charge in [-0.15, -0.1) is 0 Å². The van der Waals surface area contributed by atoms with Gasteiger partial charge in [0.15, 0.2) is 0 Å². The van der Waals surface area contributed by atoms with Crippen molar-refractivity contribution in [3.05, 3.63) is 88.6 Å². The summed E-state index contributed by atoms with van der Waals surface area (Å²) in [7, 11) is 0. The molecule has 0 fully saturated rings. The van der Waals surface area contributed by atoms with E-state index in [0.29, 0.717) is 6.04 Å². The molecule has 0 spiro atoms. The number of benzene rings is 2. The van der Waals surface area contributed by atoms with Crippen molar-refractivity contribution in [2.45, 2.75) is 72.4 Å². The molecule has 2 nitrogen and oxygen atoms in total. The van der Waals surface area contributed by atoms with E-state index in [1.165, 1.54) is 40.7 Å². The first-order valence-corrected chi connectivity index (χ1v) is 11.5. The maximum Gasteiger partial charge on any atom is 0.0710 e. The average Bonchev–Trinajstić information content (AvgIpc) is 2.79. The zero-order valence-corrected chi connectivity index (χ0v) is 19.0. The molecule has 1 N–H and O–H groups in total. The van der Waals surface area contributed by atoms with Crippen molar-refractivity contribution in [3.63, 3.8) is 0 Å². The molecule has 1 atom stereocenters. The third kappa shape index (κ3) is 5.37. The van der Waals surface area contributed by atoms with E-state index in [0.717, 1.165) is 37.2 Å². The van der Waals surface area contributed by atoms with Crippen LogP contribution in [0.15, 0.2) is 60.7 Å². The van der Waals surface area contributed by atoms with E-state index < -0.39 is 0 Å². The lowest BCUT2D eigenvalue weighted by molar-refractivity contribution is 0.479. The van der Waals surface area contributed by atoms with E-state index in [2.05, 4.69) is 93.7 Å². The fourth-order valence-electron chi connectivity index (χ4n) is 4.20. The van der Waals surface area contributed by atoms with Gasteiger partial charge >= 0.3 is 0 Å². The van der Waals surface area contributed by atoms with Gasteiger partial charge < -0.3 is 5.32 Å². The first-order valence-electron chi connectivity index (χ1n) is 11.5. The second-order valence-electron chi connectivity index (χ2n) is 8.09. The number of nitrogens with one attached hydrogen (secondary N) is 1. The first-order chi connectivity index (χ1) is 14.7. The molecule has 30 heavy (non-hydrogen) atoms. The SMILES string of the molecule is CCCCC(NCc1ccc(-c2c(CC)cccc2CC)nc1C)c1ccccc1. The predicted octanol–water partition coefficient (Wildman–Crippen LogP) is 7.20. The molecule has 0 radical (unpaired) electrons. The van der Waals surface area contributed by atoms with Crippen molar-refractivity contribution in [3.8, 4) is 11.3 Å². The largest absolute Gasteiger partial charge is 0.306 e. The standard InChI is InChI=1S/C28H36N2/c1-5-8-17-26(24-13-10-9-11-14-24)29-20-25-18-19-27(30-21(25)4)28-22(6-2)15-12-16-23(28)7-3/h9-16,18-19,26,29H,5-8,17,20H2,1-4H3. The molecule has 0 aliphatic carbocycles. The Hall–Kier alpha value is -2.45. The third-order valence-corrected chi connectivity index (χ3v) is 6.04. The molecular weight excluding hydrogens is 364 g/mol. The predicted molar refractivity (Wildman–Crippen MR) is 129 cm³/mol. The minimum absolute atomic E-state index is 0.387. The Balaban J connectivity index is 1.81. The summed E-state index contributed by atoms with van der Waals surface area (Å²) in [6.45, 7) is 9.70. The van der Waals surface area contributed by atoms with Gasteiger partial charge in [-0.1, -0.05) is 88.2 Å². The van der Waals surface area contributed by atoms with E-state index in [1.807, 2.05) is 0 Å². The van der Waals surface area contributed by atoms with Gasteiger partial charge in [0.05, 0.1) is 5.69 Å². The maximum atomic E-state index is 5.03. The first kappa shape index (κ1) is 22.2. The topological polar surface area (TPSA) is 24.9 Å². The maximum absolute atomic E-state index is 5.03. The van der Waals surface area contributed by atoms with E-state index in [4.69, 9.17) is 4.98 Å². The lowest BCUT2D eigenvalue weighted by Gasteiger charge is -2.20. The van der Waals surface area contributed by atoms with Crippen molar-refractivity contribution < 1.29 is 0 Å². The Morgan fingerprint density at radius 2 is 1.50 bits per heavy atom. The van der Waals surface area contributed by atoms with Crippen molar-refractivity contribution in [1.29, 1.82) is 0 Å². The highest BCUT2D eigenvalue weighted by Crippen LogP contribution is 2.28. The summed E-state index contributed by atoms with van der Waals surface area (Å²) in [5, 5.41) is 3.79. The van der Waals surface area contributed by atoms with Crippen molar-refractivity contribution >= 4 is 0 Å². The highest BCUT2D eigenvalue weighted by Gasteiger charge is 2.14. The fourth-order valence-corrected chi connectivity index (χ4v) is 4.20. The molecule has 1 unspecified atom stereocenters. The van der Waals surface area contributed by atoms with Gasteiger partial charge in [-0.25, -0.2) is 0 Å². The normalized spacial score (nSPS) is 12.1. The number of hydrogen-bond acceptors (Lipinski definition) is 2. The molecule has 0 amide bonds.